The third kappa shape index (κ3) is 3.20. The summed E-state index contributed by atoms with van der Waals surface area (Å²) >= 11 is 3.29. The fraction of sp³-hybridized carbons (Fsp3) is 0.133. The lowest BCUT2D eigenvalue weighted by Crippen LogP contribution is -1.98. The number of nitriles is 1. The van der Waals surface area contributed by atoms with Gasteiger partial charge in [0.2, 0.25) is 5.75 Å². The predicted octanol–water partition coefficient (Wildman–Crippen LogP) is 4.64. The van der Waals surface area contributed by atoms with Gasteiger partial charge < -0.3 is 4.74 Å². The highest BCUT2D eigenvalue weighted by molar-refractivity contribution is 9.10. The second-order valence-corrected chi connectivity index (χ2v) is 5.46. The zero-order valence-corrected chi connectivity index (χ0v) is 13.0. The first-order valence-electron chi connectivity index (χ1n) is 6.05. The van der Waals surface area contributed by atoms with Crippen LogP contribution in [0.25, 0.3) is 0 Å². The Labute approximate surface area is 130 Å². The van der Waals surface area contributed by atoms with Gasteiger partial charge in [-0.25, -0.2) is 0 Å². The molecule has 0 aromatic heterocycles. The summed E-state index contributed by atoms with van der Waals surface area (Å²) in [7, 11) is 0. The van der Waals surface area contributed by atoms with Crippen molar-refractivity contribution in [3.05, 3.63) is 61.6 Å². The highest BCUT2D eigenvalue weighted by Gasteiger charge is 2.20. The highest BCUT2D eigenvalue weighted by atomic mass is 79.9. The van der Waals surface area contributed by atoms with Crippen molar-refractivity contribution in [3.8, 4) is 17.6 Å². The van der Waals surface area contributed by atoms with Gasteiger partial charge in [-0.15, -0.1) is 0 Å². The van der Waals surface area contributed by atoms with Crippen LogP contribution >= 0.6 is 15.9 Å². The van der Waals surface area contributed by atoms with E-state index in [-0.39, 0.29) is 17.2 Å². The molecule has 0 N–H and O–H groups in total. The number of nitro groups is 1. The summed E-state index contributed by atoms with van der Waals surface area (Å²) in [6.07, 6.45) is 0. The van der Waals surface area contributed by atoms with Crippen LogP contribution in [-0.2, 0) is 0 Å². The standard InChI is InChI=1S/C15H11BrN2O3/c1-9-5-10(2)15(13(6-9)18(19)20)21-14-7-12(16)4-3-11(14)8-17/h3-7H,1-2H3. The fourth-order valence-electron chi connectivity index (χ4n) is 1.98. The molecule has 6 heteroatoms. The quantitative estimate of drug-likeness (QED) is 0.599. The average molecular weight is 347 g/mol. The molecule has 2 aromatic rings. The highest BCUT2D eigenvalue weighted by Crippen LogP contribution is 2.37. The molecule has 2 aromatic carbocycles. The molecule has 0 atom stereocenters. The lowest BCUT2D eigenvalue weighted by molar-refractivity contribution is -0.385. The van der Waals surface area contributed by atoms with Crippen LogP contribution < -0.4 is 4.74 Å². The molecule has 0 saturated carbocycles. The average Bonchev–Trinajstić information content (AvgIpc) is 2.41. The summed E-state index contributed by atoms with van der Waals surface area (Å²) < 4.78 is 6.39. The molecule has 106 valence electrons. The van der Waals surface area contributed by atoms with Crippen molar-refractivity contribution in [2.45, 2.75) is 13.8 Å². The van der Waals surface area contributed by atoms with E-state index < -0.39 is 4.92 Å². The Morgan fingerprint density at radius 2 is 2.00 bits per heavy atom. The van der Waals surface area contributed by atoms with Crippen LogP contribution in [0.4, 0.5) is 5.69 Å². The smallest absolute Gasteiger partial charge is 0.312 e. The first-order valence-corrected chi connectivity index (χ1v) is 6.85. The number of aryl methyl sites for hydroxylation is 2. The van der Waals surface area contributed by atoms with Gasteiger partial charge in [0.1, 0.15) is 11.8 Å². The minimum atomic E-state index is -0.487. The Bertz CT molecular complexity index is 766. The van der Waals surface area contributed by atoms with Crippen molar-refractivity contribution >= 4 is 21.6 Å². The van der Waals surface area contributed by atoms with Gasteiger partial charge in [0, 0.05) is 10.5 Å². The predicted molar refractivity (Wildman–Crippen MR) is 81.5 cm³/mol. The molecule has 0 bridgehead atoms. The summed E-state index contributed by atoms with van der Waals surface area (Å²) in [4.78, 5) is 10.7. The van der Waals surface area contributed by atoms with Crippen molar-refractivity contribution in [1.29, 1.82) is 5.26 Å². The lowest BCUT2D eigenvalue weighted by Gasteiger charge is -2.11. The zero-order valence-electron chi connectivity index (χ0n) is 11.4. The first-order chi connectivity index (χ1) is 9.92. The number of hydrogen-bond donors (Lipinski definition) is 0. The molecular weight excluding hydrogens is 336 g/mol. The molecule has 0 radical (unpaired) electrons. The molecule has 0 amide bonds. The molecule has 5 nitrogen and oxygen atoms in total. The zero-order chi connectivity index (χ0) is 15.6. The second-order valence-electron chi connectivity index (χ2n) is 4.54. The Kier molecular flexibility index (Phi) is 4.24. The van der Waals surface area contributed by atoms with Gasteiger partial charge in [0.15, 0.2) is 0 Å². The molecule has 0 heterocycles. The number of nitro benzene ring substituents is 1. The Balaban J connectivity index is 2.57. The second kappa shape index (κ2) is 5.94. The number of rotatable bonds is 3. The van der Waals surface area contributed by atoms with Gasteiger partial charge in [0.25, 0.3) is 0 Å². The van der Waals surface area contributed by atoms with Crippen molar-refractivity contribution in [1.82, 2.24) is 0 Å². The Hall–Kier alpha value is -2.39. The first kappa shape index (κ1) is 15.0. The van der Waals surface area contributed by atoms with Crippen molar-refractivity contribution in [2.75, 3.05) is 0 Å². The molecular formula is C15H11BrN2O3. The molecule has 0 fully saturated rings. The molecule has 0 saturated heterocycles. The van der Waals surface area contributed by atoms with Crippen molar-refractivity contribution in [3.63, 3.8) is 0 Å². The van der Waals surface area contributed by atoms with Crippen LogP contribution in [0.15, 0.2) is 34.8 Å². The molecule has 0 unspecified atom stereocenters. The largest absolute Gasteiger partial charge is 0.448 e. The van der Waals surface area contributed by atoms with Gasteiger partial charge in [-0.1, -0.05) is 22.0 Å². The SMILES string of the molecule is Cc1cc(C)c(Oc2cc(Br)ccc2C#N)c([N+](=O)[O-])c1. The number of halogens is 1. The van der Waals surface area contributed by atoms with Gasteiger partial charge in [0.05, 0.1) is 10.5 Å². The number of ether oxygens (including phenoxy) is 1. The van der Waals surface area contributed by atoms with E-state index in [4.69, 9.17) is 10.00 Å². The van der Waals surface area contributed by atoms with E-state index in [1.54, 1.807) is 38.1 Å². The minimum Gasteiger partial charge on any atom is -0.448 e. The van der Waals surface area contributed by atoms with Crippen molar-refractivity contribution in [2.24, 2.45) is 0 Å². The van der Waals surface area contributed by atoms with Gasteiger partial charge in [-0.2, -0.15) is 5.26 Å². The van der Waals surface area contributed by atoms with Crippen LogP contribution in [0.2, 0.25) is 0 Å². The van der Waals surface area contributed by atoms with E-state index in [1.165, 1.54) is 6.07 Å². The Morgan fingerprint density at radius 3 is 2.62 bits per heavy atom. The number of nitrogens with zero attached hydrogens (tertiary/aromatic N) is 2. The summed E-state index contributed by atoms with van der Waals surface area (Å²) in [6.45, 7) is 3.52. The summed E-state index contributed by atoms with van der Waals surface area (Å²) in [5, 5.41) is 20.3. The van der Waals surface area contributed by atoms with Gasteiger partial charge >= 0.3 is 5.69 Å². The topological polar surface area (TPSA) is 76.2 Å². The monoisotopic (exact) mass is 346 g/mol. The van der Waals surface area contributed by atoms with Gasteiger partial charge in [-0.05, 0) is 43.2 Å². The fourth-order valence-corrected chi connectivity index (χ4v) is 2.32. The summed E-state index contributed by atoms with van der Waals surface area (Å²) in [5.74, 6) is 0.433. The van der Waals surface area contributed by atoms with Crippen LogP contribution in [-0.4, -0.2) is 4.92 Å². The minimum absolute atomic E-state index is 0.114. The third-order valence-corrected chi connectivity index (χ3v) is 3.37. The normalized spacial score (nSPS) is 10.0. The van der Waals surface area contributed by atoms with E-state index in [9.17, 15) is 10.1 Å². The summed E-state index contributed by atoms with van der Waals surface area (Å²) in [5.41, 5.74) is 1.62. The molecule has 0 aliphatic heterocycles. The van der Waals surface area contributed by atoms with Crippen LogP contribution in [0.3, 0.4) is 0 Å². The van der Waals surface area contributed by atoms with Crippen LogP contribution in [0.1, 0.15) is 16.7 Å². The van der Waals surface area contributed by atoms with E-state index in [0.29, 0.717) is 11.1 Å². The summed E-state index contributed by atoms with van der Waals surface area (Å²) in [6, 6.07) is 10.2. The molecule has 0 aliphatic carbocycles. The maximum absolute atomic E-state index is 11.2. The van der Waals surface area contributed by atoms with E-state index in [0.717, 1.165) is 10.0 Å². The molecule has 0 aliphatic rings. The van der Waals surface area contributed by atoms with E-state index >= 15 is 0 Å². The lowest BCUT2D eigenvalue weighted by atomic mass is 10.1. The Morgan fingerprint density at radius 1 is 1.29 bits per heavy atom. The van der Waals surface area contributed by atoms with Crippen LogP contribution in [0, 0.1) is 35.3 Å². The van der Waals surface area contributed by atoms with E-state index in [1.807, 2.05) is 6.07 Å². The third-order valence-electron chi connectivity index (χ3n) is 2.87. The molecule has 21 heavy (non-hydrogen) atoms. The van der Waals surface area contributed by atoms with Crippen molar-refractivity contribution < 1.29 is 9.66 Å². The van der Waals surface area contributed by atoms with Crippen LogP contribution in [0.5, 0.6) is 11.5 Å². The maximum atomic E-state index is 11.2. The number of hydrogen-bond acceptors (Lipinski definition) is 4. The molecule has 2 rings (SSSR count). The van der Waals surface area contributed by atoms with Gasteiger partial charge in [-0.3, -0.25) is 10.1 Å². The number of benzene rings is 2. The molecule has 0 spiro atoms. The van der Waals surface area contributed by atoms with E-state index in [2.05, 4.69) is 15.9 Å². The maximum Gasteiger partial charge on any atom is 0.312 e.